The molecule has 0 fully saturated rings. The van der Waals surface area contributed by atoms with E-state index in [9.17, 15) is 14.7 Å². The van der Waals surface area contributed by atoms with Gasteiger partial charge in [-0.25, -0.2) is 0 Å². The van der Waals surface area contributed by atoms with Gasteiger partial charge in [0.15, 0.2) is 0 Å². The number of rotatable bonds is 8. The summed E-state index contributed by atoms with van der Waals surface area (Å²) in [6, 6.07) is 0. The van der Waals surface area contributed by atoms with Crippen molar-refractivity contribution in [3.05, 3.63) is 25.3 Å². The number of carboxylic acid groups (broad SMARTS) is 2. The molecule has 4 heteroatoms. The van der Waals surface area contributed by atoms with Crippen LogP contribution in [0.5, 0.6) is 0 Å². The average molecular weight is 226 g/mol. The molecule has 0 rings (SSSR count). The second-order valence-electron chi connectivity index (χ2n) is 3.70. The molecule has 2 unspecified atom stereocenters. The summed E-state index contributed by atoms with van der Waals surface area (Å²) >= 11 is 0. The van der Waals surface area contributed by atoms with Crippen LogP contribution in [0.1, 0.15) is 26.2 Å². The quantitative estimate of drug-likeness (QED) is 0.623. The number of aliphatic carboxylic acids is 2. The van der Waals surface area contributed by atoms with Crippen LogP contribution in [0.15, 0.2) is 25.3 Å². The number of hydrogen-bond acceptors (Lipinski definition) is 2. The fourth-order valence-corrected chi connectivity index (χ4v) is 1.71. The molecule has 0 saturated carbocycles. The van der Waals surface area contributed by atoms with Crippen molar-refractivity contribution in [2.45, 2.75) is 26.2 Å². The van der Waals surface area contributed by atoms with E-state index in [1.165, 1.54) is 6.08 Å². The van der Waals surface area contributed by atoms with E-state index in [1.54, 1.807) is 0 Å². The highest BCUT2D eigenvalue weighted by Crippen LogP contribution is 2.36. The highest BCUT2D eigenvalue weighted by atomic mass is 16.4. The van der Waals surface area contributed by atoms with Gasteiger partial charge in [0.1, 0.15) is 5.41 Å². The van der Waals surface area contributed by atoms with Gasteiger partial charge in [0.2, 0.25) is 0 Å². The van der Waals surface area contributed by atoms with Crippen LogP contribution in [0.25, 0.3) is 0 Å². The maximum atomic E-state index is 11.3. The Morgan fingerprint density at radius 3 is 2.19 bits per heavy atom. The molecule has 0 heterocycles. The minimum Gasteiger partial charge on any atom is -0.481 e. The maximum Gasteiger partial charge on any atom is 0.314 e. The van der Waals surface area contributed by atoms with Gasteiger partial charge in [-0.3, -0.25) is 9.59 Å². The first-order chi connectivity index (χ1) is 7.46. The molecule has 0 aliphatic rings. The lowest BCUT2D eigenvalue weighted by Crippen LogP contribution is -2.40. The summed E-state index contributed by atoms with van der Waals surface area (Å²) in [5.41, 5.74) is -1.45. The first-order valence-electron chi connectivity index (χ1n) is 5.18. The molecule has 2 atom stereocenters. The minimum atomic E-state index is -1.45. The lowest BCUT2D eigenvalue weighted by Gasteiger charge is -2.29. The molecule has 0 bridgehead atoms. The lowest BCUT2D eigenvalue weighted by molar-refractivity contribution is -0.157. The second-order valence-corrected chi connectivity index (χ2v) is 3.70. The Labute approximate surface area is 95.3 Å². The Balaban J connectivity index is 5.31. The molecule has 0 amide bonds. The van der Waals surface area contributed by atoms with Gasteiger partial charge in [-0.2, -0.15) is 0 Å². The van der Waals surface area contributed by atoms with Gasteiger partial charge in [0, 0.05) is 0 Å². The van der Waals surface area contributed by atoms with Gasteiger partial charge in [0.25, 0.3) is 0 Å². The zero-order valence-electron chi connectivity index (χ0n) is 9.48. The van der Waals surface area contributed by atoms with Crippen molar-refractivity contribution in [1.29, 1.82) is 0 Å². The standard InChI is InChI=1S/C12H18O4/c1-4-7-8-12(6-3,11(15)16)9(5-2)10(13)14/h5-6,9H,2-4,7-8H2,1H3,(H,13,14)(H,15,16). The summed E-state index contributed by atoms with van der Waals surface area (Å²) in [6.07, 6.45) is 4.06. The topological polar surface area (TPSA) is 74.6 Å². The van der Waals surface area contributed by atoms with E-state index in [0.29, 0.717) is 6.42 Å². The van der Waals surface area contributed by atoms with Crippen LogP contribution in [0.2, 0.25) is 0 Å². The summed E-state index contributed by atoms with van der Waals surface area (Å²) in [6.45, 7) is 8.78. The first kappa shape index (κ1) is 14.4. The van der Waals surface area contributed by atoms with Crippen molar-refractivity contribution >= 4 is 11.9 Å². The first-order valence-corrected chi connectivity index (χ1v) is 5.18. The highest BCUT2D eigenvalue weighted by Gasteiger charge is 2.45. The molecule has 0 aromatic rings. The van der Waals surface area contributed by atoms with Crippen molar-refractivity contribution in [3.63, 3.8) is 0 Å². The number of carboxylic acids is 2. The number of hydrogen-bond donors (Lipinski definition) is 2. The smallest absolute Gasteiger partial charge is 0.314 e. The third kappa shape index (κ3) is 2.72. The Bertz CT molecular complexity index is 295. The monoisotopic (exact) mass is 226 g/mol. The Morgan fingerprint density at radius 2 is 1.94 bits per heavy atom. The van der Waals surface area contributed by atoms with Gasteiger partial charge in [0.05, 0.1) is 5.92 Å². The summed E-state index contributed by atoms with van der Waals surface area (Å²) in [7, 11) is 0. The molecule has 0 radical (unpaired) electrons. The molecule has 90 valence electrons. The van der Waals surface area contributed by atoms with Crippen LogP contribution in [0.4, 0.5) is 0 Å². The highest BCUT2D eigenvalue weighted by molar-refractivity contribution is 5.86. The third-order valence-electron chi connectivity index (χ3n) is 2.76. The summed E-state index contributed by atoms with van der Waals surface area (Å²) in [5.74, 6) is -3.49. The SMILES string of the molecule is C=CC(C(=O)O)C(C=C)(CCCC)C(=O)O. The van der Waals surface area contributed by atoms with Gasteiger partial charge in [-0.1, -0.05) is 31.9 Å². The van der Waals surface area contributed by atoms with Crippen molar-refractivity contribution in [2.75, 3.05) is 0 Å². The minimum absolute atomic E-state index is 0.255. The molecule has 0 aliphatic carbocycles. The molecular weight excluding hydrogens is 208 g/mol. The molecule has 16 heavy (non-hydrogen) atoms. The van der Waals surface area contributed by atoms with E-state index in [1.807, 2.05) is 6.92 Å². The fraction of sp³-hybridized carbons (Fsp3) is 0.500. The predicted octanol–water partition coefficient (Wildman–Crippen LogP) is 2.32. The largest absolute Gasteiger partial charge is 0.481 e. The average Bonchev–Trinajstić information content (AvgIpc) is 2.23. The molecule has 0 aromatic heterocycles. The lowest BCUT2D eigenvalue weighted by atomic mass is 9.72. The molecular formula is C12H18O4. The summed E-state index contributed by atoms with van der Waals surface area (Å²) < 4.78 is 0. The third-order valence-corrected chi connectivity index (χ3v) is 2.76. The van der Waals surface area contributed by atoms with Crippen LogP contribution >= 0.6 is 0 Å². The number of unbranched alkanes of at least 4 members (excludes halogenated alkanes) is 1. The zero-order chi connectivity index (χ0) is 12.8. The Hall–Kier alpha value is -1.58. The van der Waals surface area contributed by atoms with Gasteiger partial charge >= 0.3 is 11.9 Å². The van der Waals surface area contributed by atoms with Gasteiger partial charge < -0.3 is 10.2 Å². The number of carbonyl (C=O) groups is 2. The Kier molecular flexibility index (Phi) is 5.50. The molecule has 0 spiro atoms. The molecule has 0 aliphatic heterocycles. The van der Waals surface area contributed by atoms with E-state index in [-0.39, 0.29) is 6.42 Å². The molecule has 2 N–H and O–H groups in total. The maximum absolute atomic E-state index is 11.3. The second kappa shape index (κ2) is 6.10. The van der Waals surface area contributed by atoms with Crippen molar-refractivity contribution in [3.8, 4) is 0 Å². The summed E-state index contributed by atoms with van der Waals surface area (Å²) in [5, 5.41) is 18.2. The molecule has 0 aromatic carbocycles. The van der Waals surface area contributed by atoms with Crippen LogP contribution in [0, 0.1) is 11.3 Å². The van der Waals surface area contributed by atoms with Gasteiger partial charge in [-0.05, 0) is 6.42 Å². The van der Waals surface area contributed by atoms with Crippen LogP contribution in [-0.2, 0) is 9.59 Å². The fourth-order valence-electron chi connectivity index (χ4n) is 1.71. The zero-order valence-corrected chi connectivity index (χ0v) is 9.48. The van der Waals surface area contributed by atoms with E-state index < -0.39 is 23.3 Å². The summed E-state index contributed by atoms with van der Waals surface area (Å²) in [4.78, 5) is 22.3. The van der Waals surface area contributed by atoms with E-state index in [0.717, 1.165) is 12.5 Å². The van der Waals surface area contributed by atoms with Crippen LogP contribution in [0.3, 0.4) is 0 Å². The van der Waals surface area contributed by atoms with Crippen molar-refractivity contribution in [2.24, 2.45) is 11.3 Å². The van der Waals surface area contributed by atoms with Gasteiger partial charge in [-0.15, -0.1) is 13.2 Å². The van der Waals surface area contributed by atoms with Crippen LogP contribution < -0.4 is 0 Å². The molecule has 4 nitrogen and oxygen atoms in total. The Morgan fingerprint density at radius 1 is 1.38 bits per heavy atom. The normalized spacial score (nSPS) is 15.8. The molecule has 0 saturated heterocycles. The van der Waals surface area contributed by atoms with Crippen molar-refractivity contribution in [1.82, 2.24) is 0 Å². The van der Waals surface area contributed by atoms with Crippen molar-refractivity contribution < 1.29 is 19.8 Å². The predicted molar refractivity (Wildman–Crippen MR) is 61.1 cm³/mol. The van der Waals surface area contributed by atoms with Crippen LogP contribution in [-0.4, -0.2) is 22.2 Å². The van der Waals surface area contributed by atoms with E-state index in [4.69, 9.17) is 5.11 Å². The van der Waals surface area contributed by atoms with E-state index >= 15 is 0 Å². The van der Waals surface area contributed by atoms with E-state index in [2.05, 4.69) is 13.2 Å².